The predicted octanol–water partition coefficient (Wildman–Crippen LogP) is 1.77. The molecule has 0 bridgehead atoms. The van der Waals surface area contributed by atoms with E-state index in [4.69, 9.17) is 5.11 Å². The standard InChI is InChI=1S/C18H22N2O4/c21-16-7-3-1-5-14(16)11-19-9-10-20(13-18(23)24)12-15-6-2-4-8-17(15)22/h1-8,19,21-22H,9-13H2,(H,23,24). The molecular formula is C18H22N2O4. The quantitative estimate of drug-likeness (QED) is 0.524. The van der Waals surface area contributed by atoms with Crippen LogP contribution in [0.1, 0.15) is 11.1 Å². The zero-order valence-corrected chi connectivity index (χ0v) is 13.4. The van der Waals surface area contributed by atoms with Gasteiger partial charge in [0.25, 0.3) is 0 Å². The van der Waals surface area contributed by atoms with Crippen LogP contribution in [0.4, 0.5) is 0 Å². The Morgan fingerprint density at radius 1 is 0.958 bits per heavy atom. The van der Waals surface area contributed by atoms with Gasteiger partial charge >= 0.3 is 5.97 Å². The normalized spacial score (nSPS) is 10.9. The first-order valence-corrected chi connectivity index (χ1v) is 7.75. The lowest BCUT2D eigenvalue weighted by Gasteiger charge is -2.21. The van der Waals surface area contributed by atoms with Crippen LogP contribution in [0.25, 0.3) is 0 Å². The Morgan fingerprint density at radius 3 is 2.12 bits per heavy atom. The summed E-state index contributed by atoms with van der Waals surface area (Å²) in [5.41, 5.74) is 1.49. The maximum atomic E-state index is 11.0. The van der Waals surface area contributed by atoms with Crippen LogP contribution in [0.5, 0.6) is 11.5 Å². The van der Waals surface area contributed by atoms with Crippen molar-refractivity contribution in [2.75, 3.05) is 19.6 Å². The van der Waals surface area contributed by atoms with Gasteiger partial charge in [-0.15, -0.1) is 0 Å². The van der Waals surface area contributed by atoms with Gasteiger partial charge in [0.2, 0.25) is 0 Å². The first-order valence-electron chi connectivity index (χ1n) is 7.75. The number of phenols is 2. The number of benzene rings is 2. The van der Waals surface area contributed by atoms with Crippen LogP contribution in [-0.4, -0.2) is 45.8 Å². The molecule has 0 amide bonds. The van der Waals surface area contributed by atoms with E-state index in [0.29, 0.717) is 31.7 Å². The van der Waals surface area contributed by atoms with Gasteiger partial charge in [-0.25, -0.2) is 0 Å². The summed E-state index contributed by atoms with van der Waals surface area (Å²) in [7, 11) is 0. The average molecular weight is 330 g/mol. The summed E-state index contributed by atoms with van der Waals surface area (Å²) >= 11 is 0. The third kappa shape index (κ3) is 5.57. The van der Waals surface area contributed by atoms with Crippen molar-refractivity contribution in [1.29, 1.82) is 0 Å². The van der Waals surface area contributed by atoms with E-state index in [0.717, 1.165) is 5.56 Å². The van der Waals surface area contributed by atoms with Crippen LogP contribution < -0.4 is 5.32 Å². The fourth-order valence-corrected chi connectivity index (χ4v) is 2.41. The van der Waals surface area contributed by atoms with Crippen molar-refractivity contribution in [1.82, 2.24) is 10.2 Å². The van der Waals surface area contributed by atoms with Gasteiger partial charge in [-0.3, -0.25) is 9.69 Å². The fourth-order valence-electron chi connectivity index (χ4n) is 2.41. The highest BCUT2D eigenvalue weighted by Gasteiger charge is 2.12. The van der Waals surface area contributed by atoms with E-state index >= 15 is 0 Å². The molecule has 0 radical (unpaired) electrons. The summed E-state index contributed by atoms with van der Waals surface area (Å²) < 4.78 is 0. The van der Waals surface area contributed by atoms with E-state index in [1.807, 2.05) is 18.2 Å². The number of phenolic OH excluding ortho intramolecular Hbond substituents is 2. The van der Waals surface area contributed by atoms with Crippen molar-refractivity contribution in [3.63, 3.8) is 0 Å². The van der Waals surface area contributed by atoms with Gasteiger partial charge in [-0.2, -0.15) is 0 Å². The number of nitrogens with zero attached hydrogens (tertiary/aromatic N) is 1. The Labute approximate surface area is 141 Å². The summed E-state index contributed by atoms with van der Waals surface area (Å²) in [5.74, 6) is -0.511. The average Bonchev–Trinajstić information content (AvgIpc) is 2.54. The maximum absolute atomic E-state index is 11.0. The molecule has 6 nitrogen and oxygen atoms in total. The second-order valence-electron chi connectivity index (χ2n) is 5.54. The SMILES string of the molecule is O=C(O)CN(CCNCc1ccccc1O)Cc1ccccc1O. The van der Waals surface area contributed by atoms with Crippen LogP contribution in [0, 0.1) is 0 Å². The highest BCUT2D eigenvalue weighted by Crippen LogP contribution is 2.17. The van der Waals surface area contributed by atoms with Crippen LogP contribution in [0.3, 0.4) is 0 Å². The Kier molecular flexibility index (Phi) is 6.60. The van der Waals surface area contributed by atoms with Crippen LogP contribution in [0.2, 0.25) is 0 Å². The van der Waals surface area contributed by atoms with Gasteiger partial charge in [-0.1, -0.05) is 36.4 Å². The van der Waals surface area contributed by atoms with E-state index in [2.05, 4.69) is 5.32 Å². The molecule has 0 aliphatic carbocycles. The Hall–Kier alpha value is -2.57. The highest BCUT2D eigenvalue weighted by atomic mass is 16.4. The molecule has 2 aromatic rings. The van der Waals surface area contributed by atoms with Gasteiger partial charge in [0.05, 0.1) is 6.54 Å². The van der Waals surface area contributed by atoms with Gasteiger partial charge < -0.3 is 20.6 Å². The molecule has 6 heteroatoms. The number of para-hydroxylation sites is 2. The molecule has 0 fully saturated rings. The zero-order chi connectivity index (χ0) is 17.4. The molecule has 2 aromatic carbocycles. The van der Waals surface area contributed by atoms with Crippen molar-refractivity contribution < 1.29 is 20.1 Å². The molecular weight excluding hydrogens is 308 g/mol. The summed E-state index contributed by atoms with van der Waals surface area (Å²) in [6.07, 6.45) is 0. The van der Waals surface area contributed by atoms with Crippen molar-refractivity contribution in [3.8, 4) is 11.5 Å². The minimum Gasteiger partial charge on any atom is -0.508 e. The molecule has 24 heavy (non-hydrogen) atoms. The summed E-state index contributed by atoms with van der Waals surface area (Å²) in [5, 5.41) is 31.8. The lowest BCUT2D eigenvalue weighted by atomic mass is 10.2. The second kappa shape index (κ2) is 8.90. The van der Waals surface area contributed by atoms with Gasteiger partial charge in [-0.05, 0) is 12.1 Å². The molecule has 0 saturated heterocycles. The highest BCUT2D eigenvalue weighted by molar-refractivity contribution is 5.69. The summed E-state index contributed by atoms with van der Waals surface area (Å²) in [6, 6.07) is 14.0. The number of hydrogen-bond donors (Lipinski definition) is 4. The Bertz CT molecular complexity index is 676. The van der Waals surface area contributed by atoms with E-state index in [1.54, 1.807) is 35.2 Å². The van der Waals surface area contributed by atoms with Crippen LogP contribution >= 0.6 is 0 Å². The van der Waals surface area contributed by atoms with E-state index in [1.165, 1.54) is 0 Å². The molecule has 0 saturated carbocycles. The number of carbonyl (C=O) groups is 1. The molecule has 0 aromatic heterocycles. The van der Waals surface area contributed by atoms with Crippen molar-refractivity contribution >= 4 is 5.97 Å². The number of aromatic hydroxyl groups is 2. The Morgan fingerprint density at radius 2 is 1.54 bits per heavy atom. The number of carboxylic acids is 1. The lowest BCUT2D eigenvalue weighted by Crippen LogP contribution is -2.35. The number of nitrogens with one attached hydrogen (secondary N) is 1. The lowest BCUT2D eigenvalue weighted by molar-refractivity contribution is -0.138. The molecule has 0 heterocycles. The van der Waals surface area contributed by atoms with Crippen molar-refractivity contribution in [2.24, 2.45) is 0 Å². The third-order valence-corrected chi connectivity index (χ3v) is 3.66. The van der Waals surface area contributed by atoms with Crippen molar-refractivity contribution in [2.45, 2.75) is 13.1 Å². The molecule has 128 valence electrons. The first kappa shape index (κ1) is 17.8. The molecule has 0 aliphatic rings. The van der Waals surface area contributed by atoms with E-state index in [9.17, 15) is 15.0 Å². The maximum Gasteiger partial charge on any atom is 0.317 e. The van der Waals surface area contributed by atoms with Crippen LogP contribution in [0.15, 0.2) is 48.5 Å². The van der Waals surface area contributed by atoms with Crippen LogP contribution in [-0.2, 0) is 17.9 Å². The molecule has 0 unspecified atom stereocenters. The van der Waals surface area contributed by atoms with Gasteiger partial charge in [0.1, 0.15) is 11.5 Å². The smallest absolute Gasteiger partial charge is 0.317 e. The minimum absolute atomic E-state index is 0.105. The number of hydrogen-bond acceptors (Lipinski definition) is 5. The predicted molar refractivity (Wildman–Crippen MR) is 90.8 cm³/mol. The van der Waals surface area contributed by atoms with Crippen molar-refractivity contribution in [3.05, 3.63) is 59.7 Å². The molecule has 0 aliphatic heterocycles. The fraction of sp³-hybridized carbons (Fsp3) is 0.278. The topological polar surface area (TPSA) is 93.0 Å². The molecule has 0 atom stereocenters. The molecule has 4 N–H and O–H groups in total. The number of rotatable bonds is 9. The Balaban J connectivity index is 1.86. The second-order valence-corrected chi connectivity index (χ2v) is 5.54. The first-order chi connectivity index (χ1) is 11.6. The summed E-state index contributed by atoms with van der Waals surface area (Å²) in [6.45, 7) is 1.83. The number of carboxylic acid groups (broad SMARTS) is 1. The van der Waals surface area contributed by atoms with Gasteiger partial charge in [0, 0.05) is 37.3 Å². The van der Waals surface area contributed by atoms with E-state index < -0.39 is 5.97 Å². The monoisotopic (exact) mass is 330 g/mol. The minimum atomic E-state index is -0.911. The molecule has 2 rings (SSSR count). The van der Waals surface area contributed by atoms with E-state index in [-0.39, 0.29) is 18.0 Å². The molecule has 0 spiro atoms. The van der Waals surface area contributed by atoms with Gasteiger partial charge in [0.15, 0.2) is 0 Å². The largest absolute Gasteiger partial charge is 0.508 e. The summed E-state index contributed by atoms with van der Waals surface area (Å²) in [4.78, 5) is 12.8. The zero-order valence-electron chi connectivity index (χ0n) is 13.4. The third-order valence-electron chi connectivity index (χ3n) is 3.66. The number of aliphatic carboxylic acids is 1.